The van der Waals surface area contributed by atoms with Gasteiger partial charge in [-0.3, -0.25) is 0 Å². The number of benzene rings is 1. The van der Waals surface area contributed by atoms with Gasteiger partial charge in [-0.1, -0.05) is 42.9 Å². The molecule has 0 amide bonds. The predicted molar refractivity (Wildman–Crippen MR) is 107 cm³/mol. The van der Waals surface area contributed by atoms with Crippen LogP contribution in [-0.2, 0) is 15.6 Å². The molecule has 3 N–H and O–H groups in total. The Morgan fingerprint density at radius 1 is 1.32 bits per heavy atom. The monoisotopic (exact) mass is 363 g/mol. The Balaban J connectivity index is 2.18. The Kier molecular flexibility index (Phi) is 7.08. The van der Waals surface area contributed by atoms with E-state index in [1.54, 1.807) is 0 Å². The third kappa shape index (κ3) is 5.61. The molecular formula is C19H29N3O2S. The maximum atomic E-state index is 12.6. The summed E-state index contributed by atoms with van der Waals surface area (Å²) < 4.78 is 25.3. The predicted octanol–water partition coefficient (Wildman–Crippen LogP) is 2.51. The van der Waals surface area contributed by atoms with Gasteiger partial charge in [-0.15, -0.1) is 0 Å². The van der Waals surface area contributed by atoms with Gasteiger partial charge in [-0.2, -0.15) is 0 Å². The molecule has 1 fully saturated rings. The number of nitrogens with two attached hydrogens (primary N) is 1. The van der Waals surface area contributed by atoms with Crippen molar-refractivity contribution in [2.24, 2.45) is 0 Å². The van der Waals surface area contributed by atoms with Crippen LogP contribution in [0, 0.1) is 0 Å². The number of hydrogen-bond acceptors (Lipinski definition) is 5. The van der Waals surface area contributed by atoms with Gasteiger partial charge in [0, 0.05) is 26.2 Å². The number of nitrogen functional groups attached to an aromatic ring is 1. The number of nitrogens with one attached hydrogen (secondary N) is 1. The van der Waals surface area contributed by atoms with E-state index in [2.05, 4.69) is 10.2 Å². The highest BCUT2D eigenvalue weighted by atomic mass is 32.2. The minimum atomic E-state index is -3.26. The standard InChI is InChI=1S/C19H29N3O2S/c1-3-5-7-16(4-2)14-25(23,24)15-17-8-6-9-18(19(17)20)22-12-10-21-11-13-22/h3,5-9,21H,4,10-15,20H2,1-2H3/b5-3-,16-7+. The molecule has 2 rings (SSSR count). The zero-order chi connectivity index (χ0) is 18.3. The molecule has 0 aliphatic carbocycles. The van der Waals surface area contributed by atoms with Crippen molar-refractivity contribution in [3.8, 4) is 0 Å². The molecule has 5 nitrogen and oxygen atoms in total. The van der Waals surface area contributed by atoms with Gasteiger partial charge >= 0.3 is 0 Å². The summed E-state index contributed by atoms with van der Waals surface area (Å²) in [7, 11) is -3.26. The molecule has 138 valence electrons. The minimum Gasteiger partial charge on any atom is -0.397 e. The zero-order valence-corrected chi connectivity index (χ0v) is 16.0. The van der Waals surface area contributed by atoms with Gasteiger partial charge in [0.1, 0.15) is 0 Å². The average Bonchev–Trinajstić information content (AvgIpc) is 2.61. The topological polar surface area (TPSA) is 75.4 Å². The molecule has 1 aromatic rings. The maximum absolute atomic E-state index is 12.6. The van der Waals surface area contributed by atoms with E-state index in [1.165, 1.54) is 0 Å². The van der Waals surface area contributed by atoms with Crippen LogP contribution < -0.4 is 16.0 Å². The first-order valence-corrected chi connectivity index (χ1v) is 10.6. The number of sulfone groups is 1. The molecule has 0 radical (unpaired) electrons. The summed E-state index contributed by atoms with van der Waals surface area (Å²) in [5.41, 5.74) is 9.44. The van der Waals surface area contributed by atoms with Crippen LogP contribution in [-0.4, -0.2) is 40.3 Å². The summed E-state index contributed by atoms with van der Waals surface area (Å²) in [6.07, 6.45) is 6.39. The second-order valence-electron chi connectivity index (χ2n) is 6.32. The van der Waals surface area contributed by atoms with E-state index in [4.69, 9.17) is 5.73 Å². The van der Waals surface area contributed by atoms with E-state index >= 15 is 0 Å². The molecule has 1 aromatic carbocycles. The summed E-state index contributed by atoms with van der Waals surface area (Å²) >= 11 is 0. The van der Waals surface area contributed by atoms with Crippen molar-refractivity contribution in [2.75, 3.05) is 42.6 Å². The Labute approximate surface area is 151 Å². The number of nitrogens with zero attached hydrogens (tertiary/aromatic N) is 1. The average molecular weight is 364 g/mol. The van der Waals surface area contributed by atoms with Crippen LogP contribution >= 0.6 is 0 Å². The smallest absolute Gasteiger partial charge is 0.158 e. The second-order valence-corrected chi connectivity index (χ2v) is 8.39. The summed E-state index contributed by atoms with van der Waals surface area (Å²) in [4.78, 5) is 2.21. The summed E-state index contributed by atoms with van der Waals surface area (Å²) in [6.45, 7) is 7.49. The van der Waals surface area contributed by atoms with Crippen molar-refractivity contribution in [3.05, 3.63) is 47.6 Å². The highest BCUT2D eigenvalue weighted by molar-refractivity contribution is 7.90. The van der Waals surface area contributed by atoms with E-state index < -0.39 is 9.84 Å². The van der Waals surface area contributed by atoms with E-state index in [0.29, 0.717) is 11.3 Å². The highest BCUT2D eigenvalue weighted by Crippen LogP contribution is 2.28. The second kappa shape index (κ2) is 9.06. The van der Waals surface area contributed by atoms with Gasteiger partial charge in [-0.25, -0.2) is 8.42 Å². The van der Waals surface area contributed by atoms with Crippen molar-refractivity contribution in [2.45, 2.75) is 26.0 Å². The number of allylic oxidation sites excluding steroid dienone is 3. The zero-order valence-electron chi connectivity index (χ0n) is 15.2. The molecule has 0 saturated carbocycles. The molecule has 0 spiro atoms. The molecule has 1 heterocycles. The molecular weight excluding hydrogens is 334 g/mol. The first-order chi connectivity index (χ1) is 12.0. The number of hydrogen-bond donors (Lipinski definition) is 2. The fourth-order valence-corrected chi connectivity index (χ4v) is 4.67. The number of anilines is 2. The minimum absolute atomic E-state index is 0.0219. The van der Waals surface area contributed by atoms with Gasteiger partial charge in [0.15, 0.2) is 9.84 Å². The lowest BCUT2D eigenvalue weighted by atomic mass is 10.1. The third-order valence-electron chi connectivity index (χ3n) is 4.39. The molecule has 0 unspecified atom stereocenters. The van der Waals surface area contributed by atoms with Crippen LogP contribution in [0.1, 0.15) is 25.8 Å². The van der Waals surface area contributed by atoms with E-state index in [9.17, 15) is 8.42 Å². The normalized spacial score (nSPS) is 16.6. The van der Waals surface area contributed by atoms with Gasteiger partial charge in [0.05, 0.1) is 22.9 Å². The van der Waals surface area contributed by atoms with Crippen LogP contribution in [0.4, 0.5) is 11.4 Å². The molecule has 25 heavy (non-hydrogen) atoms. The SMILES string of the molecule is C/C=C\C=C(/CC)CS(=O)(=O)Cc1cccc(N2CCNCC2)c1N. The van der Waals surface area contributed by atoms with Crippen molar-refractivity contribution in [1.82, 2.24) is 5.32 Å². The van der Waals surface area contributed by atoms with Gasteiger partial charge in [0.25, 0.3) is 0 Å². The third-order valence-corrected chi connectivity index (χ3v) is 5.95. The van der Waals surface area contributed by atoms with E-state index in [-0.39, 0.29) is 11.5 Å². The van der Waals surface area contributed by atoms with Crippen molar-refractivity contribution in [3.63, 3.8) is 0 Å². The summed E-state index contributed by atoms with van der Waals surface area (Å²) in [5, 5.41) is 3.31. The summed E-state index contributed by atoms with van der Waals surface area (Å²) in [5.74, 6) is 0.0527. The maximum Gasteiger partial charge on any atom is 0.158 e. The lowest BCUT2D eigenvalue weighted by Gasteiger charge is -2.31. The first kappa shape index (κ1) is 19.5. The molecule has 0 bridgehead atoms. The largest absolute Gasteiger partial charge is 0.397 e. The lowest BCUT2D eigenvalue weighted by Crippen LogP contribution is -2.43. The van der Waals surface area contributed by atoms with Crippen LogP contribution in [0.15, 0.2) is 42.0 Å². The lowest BCUT2D eigenvalue weighted by molar-refractivity contribution is 0.589. The number of rotatable bonds is 7. The fraction of sp³-hybridized carbons (Fsp3) is 0.474. The molecule has 1 saturated heterocycles. The Morgan fingerprint density at radius 3 is 2.68 bits per heavy atom. The van der Waals surface area contributed by atoms with Crippen LogP contribution in [0.3, 0.4) is 0 Å². The van der Waals surface area contributed by atoms with Crippen LogP contribution in [0.25, 0.3) is 0 Å². The number of para-hydroxylation sites is 1. The molecule has 0 atom stereocenters. The Morgan fingerprint density at radius 2 is 2.04 bits per heavy atom. The molecule has 1 aliphatic heterocycles. The van der Waals surface area contributed by atoms with Gasteiger partial charge in [0.2, 0.25) is 0 Å². The van der Waals surface area contributed by atoms with Crippen molar-refractivity contribution in [1.29, 1.82) is 0 Å². The quantitative estimate of drug-likeness (QED) is 0.575. The van der Waals surface area contributed by atoms with Crippen LogP contribution in [0.5, 0.6) is 0 Å². The van der Waals surface area contributed by atoms with Crippen molar-refractivity contribution >= 4 is 21.2 Å². The van der Waals surface area contributed by atoms with Crippen LogP contribution in [0.2, 0.25) is 0 Å². The highest BCUT2D eigenvalue weighted by Gasteiger charge is 2.19. The Hall–Kier alpha value is -1.79. The number of piperazine rings is 1. The fourth-order valence-electron chi connectivity index (χ4n) is 2.98. The van der Waals surface area contributed by atoms with Crippen molar-refractivity contribution < 1.29 is 8.42 Å². The van der Waals surface area contributed by atoms with E-state index in [0.717, 1.165) is 43.9 Å². The Bertz CT molecular complexity index is 733. The molecule has 1 aliphatic rings. The van der Waals surface area contributed by atoms with Gasteiger partial charge in [-0.05, 0) is 25.0 Å². The summed E-state index contributed by atoms with van der Waals surface area (Å²) in [6, 6.07) is 5.69. The van der Waals surface area contributed by atoms with E-state index in [1.807, 2.05) is 50.3 Å². The first-order valence-electron chi connectivity index (χ1n) is 8.81. The molecule has 6 heteroatoms. The molecule has 0 aromatic heterocycles. The van der Waals surface area contributed by atoms with Gasteiger partial charge < -0.3 is 16.0 Å².